The van der Waals surface area contributed by atoms with Gasteiger partial charge in [0.2, 0.25) is 5.91 Å². The zero-order chi connectivity index (χ0) is 16.0. The van der Waals surface area contributed by atoms with Crippen molar-refractivity contribution in [3.05, 3.63) is 53.7 Å². The standard InChI is InChI=1S/C18H18N4O/c1-22(2)13-5-3-11(4-6-13)14-8-18(23)20-17-9-16-12(7-15(14)17)10-19-21-16/h3-7,9-10,14H,8H2,1-2H3,(H,19,21)(H,20,23)/t14-/m0/s1. The molecule has 1 aromatic heterocycles. The van der Waals surface area contributed by atoms with Crippen molar-refractivity contribution in [2.45, 2.75) is 12.3 Å². The van der Waals surface area contributed by atoms with Gasteiger partial charge in [-0.2, -0.15) is 5.10 Å². The van der Waals surface area contributed by atoms with Crippen molar-refractivity contribution in [3.63, 3.8) is 0 Å². The van der Waals surface area contributed by atoms with E-state index in [-0.39, 0.29) is 11.8 Å². The average Bonchev–Trinajstić information content (AvgIpc) is 2.99. The van der Waals surface area contributed by atoms with E-state index in [1.54, 1.807) is 0 Å². The number of fused-ring (bicyclic) bond motifs is 2. The van der Waals surface area contributed by atoms with Gasteiger partial charge in [0.1, 0.15) is 0 Å². The maximum Gasteiger partial charge on any atom is 0.225 e. The molecule has 3 aromatic rings. The second kappa shape index (κ2) is 5.12. The van der Waals surface area contributed by atoms with E-state index in [2.05, 4.69) is 50.7 Å². The molecule has 4 rings (SSSR count). The van der Waals surface area contributed by atoms with Crippen LogP contribution in [-0.2, 0) is 4.79 Å². The number of hydrogen-bond acceptors (Lipinski definition) is 3. The fourth-order valence-corrected chi connectivity index (χ4v) is 3.20. The van der Waals surface area contributed by atoms with Crippen molar-refractivity contribution in [1.82, 2.24) is 10.2 Å². The summed E-state index contributed by atoms with van der Waals surface area (Å²) in [6.45, 7) is 0. The molecule has 0 aliphatic carbocycles. The second-order valence-corrected chi connectivity index (χ2v) is 6.19. The van der Waals surface area contributed by atoms with E-state index in [1.807, 2.05) is 26.4 Å². The SMILES string of the molecule is CN(C)c1ccc([C@@H]2CC(=O)Nc3cc4[nH]ncc4cc32)cc1. The number of carbonyl (C=O) groups excluding carboxylic acids is 1. The molecular formula is C18H18N4O. The number of nitrogens with one attached hydrogen (secondary N) is 2. The summed E-state index contributed by atoms with van der Waals surface area (Å²) in [6.07, 6.45) is 2.29. The largest absolute Gasteiger partial charge is 0.378 e. The van der Waals surface area contributed by atoms with Crippen LogP contribution < -0.4 is 10.2 Å². The predicted molar refractivity (Wildman–Crippen MR) is 92.0 cm³/mol. The molecule has 1 aliphatic rings. The number of amides is 1. The maximum atomic E-state index is 12.1. The van der Waals surface area contributed by atoms with Gasteiger partial charge in [-0.3, -0.25) is 9.89 Å². The van der Waals surface area contributed by atoms with Gasteiger partial charge in [-0.25, -0.2) is 0 Å². The van der Waals surface area contributed by atoms with Crippen molar-refractivity contribution in [3.8, 4) is 0 Å². The van der Waals surface area contributed by atoms with Crippen LogP contribution in [0.5, 0.6) is 0 Å². The monoisotopic (exact) mass is 306 g/mol. The number of aromatic nitrogens is 2. The topological polar surface area (TPSA) is 61.0 Å². The molecule has 5 heteroatoms. The molecule has 116 valence electrons. The lowest BCUT2D eigenvalue weighted by atomic mass is 9.84. The van der Waals surface area contributed by atoms with Crippen molar-refractivity contribution in [2.75, 3.05) is 24.3 Å². The van der Waals surface area contributed by atoms with E-state index in [4.69, 9.17) is 0 Å². The molecule has 0 fully saturated rings. The lowest BCUT2D eigenvalue weighted by Gasteiger charge is -2.26. The van der Waals surface area contributed by atoms with Crippen LogP contribution in [0.15, 0.2) is 42.6 Å². The minimum Gasteiger partial charge on any atom is -0.378 e. The molecule has 0 radical (unpaired) electrons. The first-order chi connectivity index (χ1) is 11.1. The molecule has 1 aliphatic heterocycles. The summed E-state index contributed by atoms with van der Waals surface area (Å²) in [6, 6.07) is 12.5. The van der Waals surface area contributed by atoms with Gasteiger partial charge in [0.05, 0.1) is 11.7 Å². The molecule has 23 heavy (non-hydrogen) atoms. The lowest BCUT2D eigenvalue weighted by Crippen LogP contribution is -2.23. The molecular weight excluding hydrogens is 288 g/mol. The Kier molecular flexibility index (Phi) is 3.08. The Morgan fingerprint density at radius 1 is 1.17 bits per heavy atom. The molecule has 2 heterocycles. The molecule has 2 N–H and O–H groups in total. The van der Waals surface area contributed by atoms with E-state index < -0.39 is 0 Å². The Morgan fingerprint density at radius 3 is 2.70 bits per heavy atom. The minimum atomic E-state index is 0.0538. The molecule has 0 bridgehead atoms. The Bertz CT molecular complexity index is 880. The van der Waals surface area contributed by atoms with Gasteiger partial charge in [0.15, 0.2) is 0 Å². The number of benzene rings is 2. The van der Waals surface area contributed by atoms with Crippen LogP contribution in [-0.4, -0.2) is 30.2 Å². The molecule has 0 unspecified atom stereocenters. The van der Waals surface area contributed by atoms with E-state index in [0.29, 0.717) is 6.42 Å². The fraction of sp³-hybridized carbons (Fsp3) is 0.222. The van der Waals surface area contributed by atoms with Crippen molar-refractivity contribution < 1.29 is 4.79 Å². The van der Waals surface area contributed by atoms with Gasteiger partial charge < -0.3 is 10.2 Å². The van der Waals surface area contributed by atoms with Gasteiger partial charge in [0, 0.05) is 43.2 Å². The Labute approximate surface area is 134 Å². The van der Waals surface area contributed by atoms with E-state index in [0.717, 1.165) is 33.4 Å². The van der Waals surface area contributed by atoms with Crippen LogP contribution in [0.1, 0.15) is 23.5 Å². The third-order valence-electron chi connectivity index (χ3n) is 4.46. The number of nitrogens with zero attached hydrogens (tertiary/aromatic N) is 2. The minimum absolute atomic E-state index is 0.0538. The number of carbonyl (C=O) groups is 1. The van der Waals surface area contributed by atoms with Crippen molar-refractivity contribution in [1.29, 1.82) is 0 Å². The summed E-state index contributed by atoms with van der Waals surface area (Å²) in [5.41, 5.74) is 5.28. The summed E-state index contributed by atoms with van der Waals surface area (Å²) in [7, 11) is 4.04. The van der Waals surface area contributed by atoms with Crippen LogP contribution in [0.25, 0.3) is 10.9 Å². The number of anilines is 2. The molecule has 1 amide bonds. The highest BCUT2D eigenvalue weighted by molar-refractivity contribution is 5.98. The summed E-state index contributed by atoms with van der Waals surface area (Å²) >= 11 is 0. The summed E-state index contributed by atoms with van der Waals surface area (Å²) in [5.74, 6) is 0.132. The zero-order valence-electron chi connectivity index (χ0n) is 13.1. The number of aromatic amines is 1. The smallest absolute Gasteiger partial charge is 0.225 e. The lowest BCUT2D eigenvalue weighted by molar-refractivity contribution is -0.116. The third-order valence-corrected chi connectivity index (χ3v) is 4.46. The number of hydrogen-bond donors (Lipinski definition) is 2. The first-order valence-electron chi connectivity index (χ1n) is 7.66. The fourth-order valence-electron chi connectivity index (χ4n) is 3.20. The zero-order valence-corrected chi connectivity index (χ0v) is 13.1. The highest BCUT2D eigenvalue weighted by Crippen LogP contribution is 2.39. The summed E-state index contributed by atoms with van der Waals surface area (Å²) < 4.78 is 0. The van der Waals surface area contributed by atoms with Crippen LogP contribution in [0.3, 0.4) is 0 Å². The Hall–Kier alpha value is -2.82. The van der Waals surface area contributed by atoms with Crippen LogP contribution in [0.4, 0.5) is 11.4 Å². The van der Waals surface area contributed by atoms with Gasteiger partial charge in [-0.05, 0) is 35.4 Å². The van der Waals surface area contributed by atoms with Crippen LogP contribution in [0, 0.1) is 0 Å². The normalized spacial score (nSPS) is 17.0. The van der Waals surface area contributed by atoms with Gasteiger partial charge in [-0.1, -0.05) is 12.1 Å². The van der Waals surface area contributed by atoms with Gasteiger partial charge >= 0.3 is 0 Å². The molecule has 0 saturated carbocycles. The first kappa shape index (κ1) is 13.8. The molecule has 5 nitrogen and oxygen atoms in total. The van der Waals surface area contributed by atoms with Gasteiger partial charge in [0.25, 0.3) is 0 Å². The molecule has 1 atom stereocenters. The highest BCUT2D eigenvalue weighted by atomic mass is 16.1. The van der Waals surface area contributed by atoms with E-state index in [9.17, 15) is 4.79 Å². The van der Waals surface area contributed by atoms with Crippen molar-refractivity contribution >= 4 is 28.2 Å². The van der Waals surface area contributed by atoms with E-state index in [1.165, 1.54) is 0 Å². The Morgan fingerprint density at radius 2 is 1.96 bits per heavy atom. The summed E-state index contributed by atoms with van der Waals surface area (Å²) in [4.78, 5) is 14.2. The first-order valence-corrected chi connectivity index (χ1v) is 7.66. The van der Waals surface area contributed by atoms with Crippen LogP contribution >= 0.6 is 0 Å². The van der Waals surface area contributed by atoms with E-state index >= 15 is 0 Å². The second-order valence-electron chi connectivity index (χ2n) is 6.19. The highest BCUT2D eigenvalue weighted by Gasteiger charge is 2.27. The Balaban J connectivity index is 1.81. The maximum absolute atomic E-state index is 12.1. The predicted octanol–water partition coefficient (Wildman–Crippen LogP) is 3.10. The molecule has 2 aromatic carbocycles. The molecule has 0 saturated heterocycles. The average molecular weight is 306 g/mol. The quantitative estimate of drug-likeness (QED) is 0.765. The molecule has 0 spiro atoms. The van der Waals surface area contributed by atoms with Crippen molar-refractivity contribution in [2.24, 2.45) is 0 Å². The summed E-state index contributed by atoms with van der Waals surface area (Å²) in [5, 5.41) is 11.1. The number of rotatable bonds is 2. The third kappa shape index (κ3) is 2.34. The van der Waals surface area contributed by atoms with Crippen LogP contribution in [0.2, 0.25) is 0 Å². The van der Waals surface area contributed by atoms with Gasteiger partial charge in [-0.15, -0.1) is 0 Å². The number of H-pyrrole nitrogens is 1.